The maximum atomic E-state index is 11.8. The van der Waals surface area contributed by atoms with Gasteiger partial charge >= 0.3 is 5.97 Å². The third-order valence-electron chi connectivity index (χ3n) is 3.52. The first kappa shape index (κ1) is 17.2. The SMILES string of the molecule is CC(=O)N(C(C)C)C(C(=O)O)c1ccc(C(C)(C)C)cc1. The fourth-order valence-electron chi connectivity index (χ4n) is 2.43. The predicted octanol–water partition coefficient (Wildman–Crippen LogP) is 3.37. The van der Waals surface area contributed by atoms with E-state index in [2.05, 4.69) is 20.8 Å². The number of hydrogen-bond donors (Lipinski definition) is 1. The van der Waals surface area contributed by atoms with E-state index in [0.717, 1.165) is 5.56 Å². The van der Waals surface area contributed by atoms with Crippen molar-refractivity contribution in [3.05, 3.63) is 35.4 Å². The van der Waals surface area contributed by atoms with Gasteiger partial charge in [-0.25, -0.2) is 4.79 Å². The van der Waals surface area contributed by atoms with Crippen molar-refractivity contribution in [1.29, 1.82) is 0 Å². The monoisotopic (exact) mass is 291 g/mol. The van der Waals surface area contributed by atoms with Gasteiger partial charge in [0.25, 0.3) is 0 Å². The number of amides is 1. The number of carboxylic acid groups (broad SMARTS) is 1. The second-order valence-corrected chi connectivity index (χ2v) is 6.63. The van der Waals surface area contributed by atoms with E-state index in [1.54, 1.807) is 12.1 Å². The Morgan fingerprint density at radius 2 is 1.57 bits per heavy atom. The van der Waals surface area contributed by atoms with Crippen molar-refractivity contribution in [3.8, 4) is 0 Å². The molecule has 1 rings (SSSR count). The number of aliphatic carboxylic acids is 1. The first-order valence-corrected chi connectivity index (χ1v) is 7.18. The largest absolute Gasteiger partial charge is 0.479 e. The van der Waals surface area contributed by atoms with Crippen molar-refractivity contribution < 1.29 is 14.7 Å². The zero-order valence-corrected chi connectivity index (χ0v) is 13.7. The maximum Gasteiger partial charge on any atom is 0.331 e. The Hall–Kier alpha value is -1.84. The van der Waals surface area contributed by atoms with Gasteiger partial charge in [-0.15, -0.1) is 0 Å². The standard InChI is InChI=1S/C17H25NO3/c1-11(2)18(12(3)19)15(16(20)21)13-7-9-14(10-8-13)17(4,5)6/h7-11,15H,1-6H3,(H,20,21). The average Bonchev–Trinajstić information content (AvgIpc) is 2.33. The molecule has 116 valence electrons. The van der Waals surface area contributed by atoms with Gasteiger partial charge < -0.3 is 10.0 Å². The van der Waals surface area contributed by atoms with E-state index in [1.165, 1.54) is 11.8 Å². The summed E-state index contributed by atoms with van der Waals surface area (Å²) in [5, 5.41) is 9.53. The summed E-state index contributed by atoms with van der Waals surface area (Å²) in [7, 11) is 0. The molecule has 0 bridgehead atoms. The van der Waals surface area contributed by atoms with E-state index in [9.17, 15) is 14.7 Å². The predicted molar refractivity (Wildman–Crippen MR) is 83.2 cm³/mol. The molecule has 0 aliphatic carbocycles. The summed E-state index contributed by atoms with van der Waals surface area (Å²) >= 11 is 0. The summed E-state index contributed by atoms with van der Waals surface area (Å²) < 4.78 is 0. The molecule has 1 N–H and O–H groups in total. The lowest BCUT2D eigenvalue weighted by Gasteiger charge is -2.32. The molecular weight excluding hydrogens is 266 g/mol. The van der Waals surface area contributed by atoms with E-state index in [-0.39, 0.29) is 17.4 Å². The van der Waals surface area contributed by atoms with Crippen LogP contribution in [0.3, 0.4) is 0 Å². The molecule has 1 amide bonds. The lowest BCUT2D eigenvalue weighted by atomic mass is 9.86. The van der Waals surface area contributed by atoms with Crippen molar-refractivity contribution in [3.63, 3.8) is 0 Å². The zero-order valence-electron chi connectivity index (χ0n) is 13.7. The fraction of sp³-hybridized carbons (Fsp3) is 0.529. The summed E-state index contributed by atoms with van der Waals surface area (Å²) in [6, 6.07) is 6.35. The Bertz CT molecular complexity index is 512. The normalized spacial score (nSPS) is 13.1. The Morgan fingerprint density at radius 3 is 1.86 bits per heavy atom. The van der Waals surface area contributed by atoms with Crippen LogP contribution in [0, 0.1) is 0 Å². The van der Waals surface area contributed by atoms with Crippen LogP contribution in [0.25, 0.3) is 0 Å². The molecule has 0 aliphatic rings. The van der Waals surface area contributed by atoms with Gasteiger partial charge in [-0.05, 0) is 30.4 Å². The summed E-state index contributed by atoms with van der Waals surface area (Å²) in [5.41, 5.74) is 1.77. The lowest BCUT2D eigenvalue weighted by molar-refractivity contribution is -0.151. The van der Waals surface area contributed by atoms with Crippen LogP contribution in [0.1, 0.15) is 58.7 Å². The molecule has 4 nitrogen and oxygen atoms in total. The minimum Gasteiger partial charge on any atom is -0.479 e. The highest BCUT2D eigenvalue weighted by molar-refractivity contribution is 5.83. The first-order valence-electron chi connectivity index (χ1n) is 7.18. The fourth-order valence-corrected chi connectivity index (χ4v) is 2.43. The van der Waals surface area contributed by atoms with Crippen molar-refractivity contribution >= 4 is 11.9 Å². The van der Waals surface area contributed by atoms with Gasteiger partial charge in [-0.1, -0.05) is 45.0 Å². The van der Waals surface area contributed by atoms with Gasteiger partial charge in [0, 0.05) is 13.0 Å². The highest BCUT2D eigenvalue weighted by atomic mass is 16.4. The Kier molecular flexibility index (Phi) is 5.15. The molecule has 0 heterocycles. The van der Waals surface area contributed by atoms with Crippen molar-refractivity contribution in [1.82, 2.24) is 4.90 Å². The smallest absolute Gasteiger partial charge is 0.331 e. The summed E-state index contributed by atoms with van der Waals surface area (Å²) in [6.45, 7) is 11.4. The maximum absolute atomic E-state index is 11.8. The molecule has 4 heteroatoms. The van der Waals surface area contributed by atoms with Crippen molar-refractivity contribution in [2.45, 2.75) is 59.0 Å². The molecule has 0 radical (unpaired) electrons. The molecular formula is C17H25NO3. The summed E-state index contributed by atoms with van der Waals surface area (Å²) in [4.78, 5) is 24.8. The van der Waals surface area contributed by atoms with Crippen LogP contribution in [0.5, 0.6) is 0 Å². The number of carbonyl (C=O) groups excluding carboxylic acids is 1. The summed E-state index contributed by atoms with van der Waals surface area (Å²) in [6.07, 6.45) is 0. The minimum atomic E-state index is -1.01. The Morgan fingerprint density at radius 1 is 1.10 bits per heavy atom. The van der Waals surface area contributed by atoms with E-state index in [0.29, 0.717) is 5.56 Å². The molecule has 0 aliphatic heterocycles. The second-order valence-electron chi connectivity index (χ2n) is 6.63. The van der Waals surface area contributed by atoms with E-state index in [1.807, 2.05) is 26.0 Å². The quantitative estimate of drug-likeness (QED) is 0.925. The molecule has 0 saturated carbocycles. The molecule has 1 atom stereocenters. The van der Waals surface area contributed by atoms with E-state index < -0.39 is 12.0 Å². The van der Waals surface area contributed by atoms with E-state index >= 15 is 0 Å². The zero-order chi connectivity index (χ0) is 16.4. The lowest BCUT2D eigenvalue weighted by Crippen LogP contribution is -2.42. The molecule has 1 aromatic carbocycles. The van der Waals surface area contributed by atoms with E-state index in [4.69, 9.17) is 0 Å². The number of rotatable bonds is 4. The molecule has 0 aromatic heterocycles. The third kappa shape index (κ3) is 4.06. The minimum absolute atomic E-state index is 0.00949. The molecule has 21 heavy (non-hydrogen) atoms. The van der Waals surface area contributed by atoms with Gasteiger partial charge in [-0.2, -0.15) is 0 Å². The second kappa shape index (κ2) is 6.29. The van der Waals surface area contributed by atoms with Crippen molar-refractivity contribution in [2.24, 2.45) is 0 Å². The highest BCUT2D eigenvalue weighted by Gasteiger charge is 2.31. The van der Waals surface area contributed by atoms with Crippen LogP contribution in [0.15, 0.2) is 24.3 Å². The number of carboxylic acids is 1. The van der Waals surface area contributed by atoms with Crippen LogP contribution in [-0.2, 0) is 15.0 Å². The van der Waals surface area contributed by atoms with Gasteiger partial charge in [0.1, 0.15) is 0 Å². The van der Waals surface area contributed by atoms with Crippen LogP contribution in [0.2, 0.25) is 0 Å². The molecule has 1 unspecified atom stereocenters. The molecule has 0 fully saturated rings. The Labute approximate surface area is 126 Å². The van der Waals surface area contributed by atoms with Crippen molar-refractivity contribution in [2.75, 3.05) is 0 Å². The van der Waals surface area contributed by atoms with Crippen LogP contribution in [-0.4, -0.2) is 27.9 Å². The Balaban J connectivity index is 3.24. The van der Waals surface area contributed by atoms with Gasteiger partial charge in [0.05, 0.1) is 0 Å². The van der Waals surface area contributed by atoms with Gasteiger partial charge in [0.15, 0.2) is 6.04 Å². The number of benzene rings is 1. The van der Waals surface area contributed by atoms with Crippen LogP contribution < -0.4 is 0 Å². The van der Waals surface area contributed by atoms with Crippen LogP contribution >= 0.6 is 0 Å². The first-order chi connectivity index (χ1) is 9.55. The molecule has 1 aromatic rings. The number of carbonyl (C=O) groups is 2. The average molecular weight is 291 g/mol. The van der Waals surface area contributed by atoms with Crippen LogP contribution in [0.4, 0.5) is 0 Å². The molecule has 0 saturated heterocycles. The van der Waals surface area contributed by atoms with Gasteiger partial charge in [-0.3, -0.25) is 4.79 Å². The third-order valence-corrected chi connectivity index (χ3v) is 3.52. The summed E-state index contributed by atoms with van der Waals surface area (Å²) in [5.74, 6) is -1.25. The highest BCUT2D eigenvalue weighted by Crippen LogP contribution is 2.27. The number of nitrogens with zero attached hydrogens (tertiary/aromatic N) is 1. The topological polar surface area (TPSA) is 57.6 Å². The molecule has 0 spiro atoms. The number of hydrogen-bond acceptors (Lipinski definition) is 2. The van der Waals surface area contributed by atoms with Gasteiger partial charge in [0.2, 0.25) is 5.91 Å².